The van der Waals surface area contributed by atoms with Crippen molar-refractivity contribution >= 4 is 11.8 Å². The number of carbonyl (C=O) groups excluding carboxylic acids is 2. The van der Waals surface area contributed by atoms with Crippen molar-refractivity contribution in [3.63, 3.8) is 0 Å². The molecule has 2 aliphatic heterocycles. The van der Waals surface area contributed by atoms with Crippen molar-refractivity contribution in [2.75, 3.05) is 26.2 Å². The van der Waals surface area contributed by atoms with Gasteiger partial charge in [-0.05, 0) is 24.5 Å². The topological polar surface area (TPSA) is 57.6 Å². The lowest BCUT2D eigenvalue weighted by Crippen LogP contribution is -2.65. The number of aryl methyl sites for hydroxylation is 1. The minimum absolute atomic E-state index is 0.105. The summed E-state index contributed by atoms with van der Waals surface area (Å²) in [4.78, 5) is 27.4. The number of hydrogen-bond donors (Lipinski definition) is 1. The van der Waals surface area contributed by atoms with Crippen LogP contribution >= 0.6 is 0 Å². The third-order valence-electron chi connectivity index (χ3n) is 4.78. The van der Waals surface area contributed by atoms with Gasteiger partial charge in [0.05, 0.1) is 6.04 Å². The van der Waals surface area contributed by atoms with Crippen LogP contribution in [0.4, 0.5) is 0 Å². The van der Waals surface area contributed by atoms with Gasteiger partial charge in [-0.3, -0.25) is 14.5 Å². The SMILES string of the molecule is CC(C)CCn1cccc1CN1CCN2C(=O)C(=O)NCC2C1. The van der Waals surface area contributed by atoms with E-state index in [0.717, 1.165) is 26.2 Å². The summed E-state index contributed by atoms with van der Waals surface area (Å²) in [5.41, 5.74) is 1.32. The monoisotopic (exact) mass is 318 g/mol. The van der Waals surface area contributed by atoms with Gasteiger partial charge in [-0.15, -0.1) is 0 Å². The molecule has 0 bridgehead atoms. The van der Waals surface area contributed by atoms with E-state index in [0.29, 0.717) is 19.0 Å². The smallest absolute Gasteiger partial charge is 0.312 e. The molecule has 2 fully saturated rings. The van der Waals surface area contributed by atoms with Gasteiger partial charge in [-0.25, -0.2) is 0 Å². The zero-order valence-corrected chi connectivity index (χ0v) is 14.0. The highest BCUT2D eigenvalue weighted by atomic mass is 16.2. The third-order valence-corrected chi connectivity index (χ3v) is 4.78. The van der Waals surface area contributed by atoms with Gasteiger partial charge < -0.3 is 14.8 Å². The van der Waals surface area contributed by atoms with Gasteiger partial charge in [0.1, 0.15) is 0 Å². The van der Waals surface area contributed by atoms with Crippen molar-refractivity contribution in [3.05, 3.63) is 24.0 Å². The Bertz CT molecular complexity index is 581. The fraction of sp³-hybridized carbons (Fsp3) is 0.647. The molecule has 1 atom stereocenters. The molecule has 0 radical (unpaired) electrons. The van der Waals surface area contributed by atoms with Crippen molar-refractivity contribution in [1.29, 1.82) is 0 Å². The second kappa shape index (κ2) is 6.74. The molecule has 0 spiro atoms. The van der Waals surface area contributed by atoms with Gasteiger partial charge in [-0.2, -0.15) is 0 Å². The molecule has 3 rings (SSSR count). The van der Waals surface area contributed by atoms with Crippen LogP contribution in [0.3, 0.4) is 0 Å². The molecular weight excluding hydrogens is 292 g/mol. The van der Waals surface area contributed by atoms with Crippen molar-refractivity contribution in [2.24, 2.45) is 5.92 Å². The Hall–Kier alpha value is -1.82. The van der Waals surface area contributed by atoms with E-state index in [1.54, 1.807) is 4.90 Å². The number of nitrogens with zero attached hydrogens (tertiary/aromatic N) is 3. The Morgan fingerprint density at radius 2 is 2.13 bits per heavy atom. The first-order valence-corrected chi connectivity index (χ1v) is 8.49. The molecule has 0 aliphatic carbocycles. The predicted molar refractivity (Wildman–Crippen MR) is 87.7 cm³/mol. The molecule has 1 N–H and O–H groups in total. The summed E-state index contributed by atoms with van der Waals surface area (Å²) in [5, 5.41) is 2.69. The van der Waals surface area contributed by atoms with E-state index in [1.165, 1.54) is 12.1 Å². The molecule has 0 saturated carbocycles. The van der Waals surface area contributed by atoms with Gasteiger partial charge in [0.2, 0.25) is 0 Å². The maximum Gasteiger partial charge on any atom is 0.312 e. The van der Waals surface area contributed by atoms with Crippen molar-refractivity contribution in [2.45, 2.75) is 39.4 Å². The van der Waals surface area contributed by atoms with Crippen LogP contribution < -0.4 is 5.32 Å². The van der Waals surface area contributed by atoms with Crippen LogP contribution in [-0.2, 0) is 22.7 Å². The average molecular weight is 318 g/mol. The van der Waals surface area contributed by atoms with Gasteiger partial charge >= 0.3 is 11.8 Å². The molecule has 126 valence electrons. The number of fused-ring (bicyclic) bond motifs is 1. The summed E-state index contributed by atoms with van der Waals surface area (Å²) in [6.07, 6.45) is 3.33. The maximum absolute atomic E-state index is 11.9. The molecule has 2 amide bonds. The maximum atomic E-state index is 11.9. The van der Waals surface area contributed by atoms with E-state index in [1.807, 2.05) is 0 Å². The van der Waals surface area contributed by atoms with E-state index >= 15 is 0 Å². The van der Waals surface area contributed by atoms with Crippen LogP contribution in [0.25, 0.3) is 0 Å². The zero-order chi connectivity index (χ0) is 16.4. The molecule has 2 aliphatic rings. The number of carbonyl (C=O) groups is 2. The minimum atomic E-state index is -0.461. The number of rotatable bonds is 5. The molecule has 2 saturated heterocycles. The Kier molecular flexibility index (Phi) is 4.71. The standard InChI is InChI=1S/C17H26N4O2/c1-13(2)5-7-20-6-3-4-14(20)11-19-8-9-21-15(12-19)10-18-16(22)17(21)23/h3-4,6,13,15H,5,7-12H2,1-2H3,(H,18,22). The predicted octanol–water partition coefficient (Wildman–Crippen LogP) is 0.677. The molecule has 6 nitrogen and oxygen atoms in total. The van der Waals surface area contributed by atoms with Crippen LogP contribution in [0.2, 0.25) is 0 Å². The van der Waals surface area contributed by atoms with Crippen molar-refractivity contribution < 1.29 is 9.59 Å². The van der Waals surface area contributed by atoms with E-state index in [4.69, 9.17) is 0 Å². The summed E-state index contributed by atoms with van der Waals surface area (Å²) in [6, 6.07) is 4.39. The fourth-order valence-electron chi connectivity index (χ4n) is 3.36. The number of nitrogens with one attached hydrogen (secondary N) is 1. The van der Waals surface area contributed by atoms with Crippen molar-refractivity contribution in [3.8, 4) is 0 Å². The molecule has 3 heterocycles. The number of hydrogen-bond acceptors (Lipinski definition) is 3. The lowest BCUT2D eigenvalue weighted by atomic mass is 10.1. The second-order valence-electron chi connectivity index (χ2n) is 6.97. The molecular formula is C17H26N4O2. The Morgan fingerprint density at radius 1 is 1.30 bits per heavy atom. The summed E-state index contributed by atoms with van der Waals surface area (Å²) < 4.78 is 2.33. The van der Waals surface area contributed by atoms with E-state index in [-0.39, 0.29) is 11.9 Å². The number of aromatic nitrogens is 1. The highest BCUT2D eigenvalue weighted by Gasteiger charge is 2.37. The largest absolute Gasteiger partial charge is 0.350 e. The van der Waals surface area contributed by atoms with Gasteiger partial charge in [0, 0.05) is 51.2 Å². The number of amides is 2. The lowest BCUT2D eigenvalue weighted by Gasteiger charge is -2.43. The minimum Gasteiger partial charge on any atom is -0.350 e. The van der Waals surface area contributed by atoms with Gasteiger partial charge in [-0.1, -0.05) is 13.8 Å². The quantitative estimate of drug-likeness (QED) is 0.812. The normalized spacial score (nSPS) is 22.4. The number of piperazine rings is 2. The van der Waals surface area contributed by atoms with Gasteiger partial charge in [0.25, 0.3) is 0 Å². The van der Waals surface area contributed by atoms with Crippen LogP contribution in [0.5, 0.6) is 0 Å². The first kappa shape index (κ1) is 16.1. The zero-order valence-electron chi connectivity index (χ0n) is 14.0. The second-order valence-corrected chi connectivity index (χ2v) is 6.97. The highest BCUT2D eigenvalue weighted by molar-refractivity contribution is 6.35. The van der Waals surface area contributed by atoms with E-state index in [9.17, 15) is 9.59 Å². The van der Waals surface area contributed by atoms with E-state index < -0.39 is 5.91 Å². The van der Waals surface area contributed by atoms with Crippen LogP contribution in [0, 0.1) is 5.92 Å². The molecule has 1 aromatic heterocycles. The Labute approximate surface area is 137 Å². The summed E-state index contributed by atoms with van der Waals surface area (Å²) in [7, 11) is 0. The van der Waals surface area contributed by atoms with Gasteiger partial charge in [0.15, 0.2) is 0 Å². The first-order valence-electron chi connectivity index (χ1n) is 8.49. The molecule has 6 heteroatoms. The molecule has 0 aromatic carbocycles. The first-order chi connectivity index (χ1) is 11.0. The van der Waals surface area contributed by atoms with Crippen molar-refractivity contribution in [1.82, 2.24) is 19.7 Å². The molecule has 1 unspecified atom stereocenters. The lowest BCUT2D eigenvalue weighted by molar-refractivity contribution is -0.152. The summed E-state index contributed by atoms with van der Waals surface area (Å²) in [5.74, 6) is -0.135. The summed E-state index contributed by atoms with van der Waals surface area (Å²) in [6.45, 7) is 9.30. The molecule has 1 aromatic rings. The van der Waals surface area contributed by atoms with Crippen LogP contribution in [0.1, 0.15) is 26.0 Å². The van der Waals surface area contributed by atoms with Crippen LogP contribution in [-0.4, -0.2) is 58.4 Å². The molecule has 23 heavy (non-hydrogen) atoms. The van der Waals surface area contributed by atoms with Crippen LogP contribution in [0.15, 0.2) is 18.3 Å². The fourth-order valence-corrected chi connectivity index (χ4v) is 3.36. The third kappa shape index (κ3) is 3.58. The Morgan fingerprint density at radius 3 is 2.91 bits per heavy atom. The summed E-state index contributed by atoms with van der Waals surface area (Å²) >= 11 is 0. The Balaban J connectivity index is 1.59. The average Bonchev–Trinajstić information content (AvgIpc) is 2.96. The highest BCUT2D eigenvalue weighted by Crippen LogP contribution is 2.16. The van der Waals surface area contributed by atoms with E-state index in [2.05, 4.69) is 47.0 Å².